The smallest absolute Gasteiger partial charge is 0.272 e. The molecule has 0 heterocycles. The summed E-state index contributed by atoms with van der Waals surface area (Å²) in [5, 5.41) is 12.9. The van der Waals surface area contributed by atoms with Gasteiger partial charge in [0.2, 0.25) is 0 Å². The predicted molar refractivity (Wildman–Crippen MR) is 82.8 cm³/mol. The van der Waals surface area contributed by atoms with Gasteiger partial charge in [0.1, 0.15) is 0 Å². The number of carbonyl (C=O) groups is 1. The molecule has 0 bridgehead atoms. The van der Waals surface area contributed by atoms with Crippen molar-refractivity contribution in [2.75, 3.05) is 5.32 Å². The van der Waals surface area contributed by atoms with Gasteiger partial charge in [0.15, 0.2) is 5.82 Å². The van der Waals surface area contributed by atoms with Crippen LogP contribution in [0.2, 0.25) is 0 Å². The average molecular weight is 418 g/mol. The van der Waals surface area contributed by atoms with Crippen molar-refractivity contribution >= 4 is 49.1 Å². The van der Waals surface area contributed by atoms with Gasteiger partial charge in [-0.05, 0) is 40.2 Å². The number of hydrogen-bond acceptors (Lipinski definition) is 3. The maximum Gasteiger partial charge on any atom is 0.272 e. The second kappa shape index (κ2) is 6.31. The van der Waals surface area contributed by atoms with Gasteiger partial charge in [0.05, 0.1) is 22.2 Å². The average Bonchev–Trinajstić information content (AvgIpc) is 2.43. The highest BCUT2D eigenvalue weighted by Gasteiger charge is 2.15. The molecule has 0 aliphatic heterocycles. The molecule has 0 fully saturated rings. The first-order chi connectivity index (χ1) is 9.88. The number of nitro benzene ring substituents is 1. The van der Waals surface area contributed by atoms with Crippen LogP contribution in [0.5, 0.6) is 0 Å². The number of anilines is 1. The molecule has 2 aromatic rings. The molecule has 0 spiro atoms. The molecule has 0 radical (unpaired) electrons. The van der Waals surface area contributed by atoms with Crippen LogP contribution < -0.4 is 5.32 Å². The summed E-state index contributed by atoms with van der Waals surface area (Å²) in [5.74, 6) is -1.40. The molecule has 2 aromatic carbocycles. The van der Waals surface area contributed by atoms with Gasteiger partial charge in [-0.2, -0.15) is 0 Å². The second-order valence-electron chi connectivity index (χ2n) is 4.00. The Kier molecular flexibility index (Phi) is 4.69. The minimum absolute atomic E-state index is 0.127. The molecule has 108 valence electrons. The molecule has 0 aromatic heterocycles. The summed E-state index contributed by atoms with van der Waals surface area (Å²) >= 11 is 6.47. The standard InChI is InChI=1S/C13H7Br2FN2O3/c14-7-1-3-10(15)9(5-7)13(19)17-12-4-2-8(18(20)21)6-11(12)16/h1-6H,(H,17,19). The fourth-order valence-electron chi connectivity index (χ4n) is 1.58. The number of carbonyl (C=O) groups excluding carboxylic acids is 1. The lowest BCUT2D eigenvalue weighted by molar-refractivity contribution is -0.385. The van der Waals surface area contributed by atoms with Gasteiger partial charge in [-0.15, -0.1) is 0 Å². The van der Waals surface area contributed by atoms with E-state index in [0.717, 1.165) is 18.2 Å². The topological polar surface area (TPSA) is 72.2 Å². The Hall–Kier alpha value is -1.80. The first-order valence-corrected chi connectivity index (χ1v) is 7.17. The molecule has 0 aliphatic carbocycles. The highest BCUT2D eigenvalue weighted by atomic mass is 79.9. The van der Waals surface area contributed by atoms with Crippen LogP contribution >= 0.6 is 31.9 Å². The number of rotatable bonds is 3. The Labute approximate surface area is 135 Å². The van der Waals surface area contributed by atoms with Crippen LogP contribution in [-0.2, 0) is 0 Å². The molecule has 0 aliphatic rings. The van der Waals surface area contributed by atoms with Crippen molar-refractivity contribution in [2.45, 2.75) is 0 Å². The summed E-state index contributed by atoms with van der Waals surface area (Å²) in [6.45, 7) is 0. The third kappa shape index (κ3) is 3.64. The normalized spacial score (nSPS) is 10.2. The molecule has 0 saturated carbocycles. The Morgan fingerprint density at radius 1 is 1.19 bits per heavy atom. The van der Waals surface area contributed by atoms with Crippen LogP contribution in [-0.4, -0.2) is 10.8 Å². The van der Waals surface area contributed by atoms with Gasteiger partial charge in [-0.25, -0.2) is 4.39 Å². The van der Waals surface area contributed by atoms with Crippen molar-refractivity contribution in [3.05, 3.63) is 66.8 Å². The lowest BCUT2D eigenvalue weighted by atomic mass is 10.2. The first-order valence-electron chi connectivity index (χ1n) is 5.59. The molecule has 0 saturated heterocycles. The molecular weight excluding hydrogens is 411 g/mol. The number of nitrogens with zero attached hydrogens (tertiary/aromatic N) is 1. The van der Waals surface area contributed by atoms with Gasteiger partial charge < -0.3 is 5.32 Å². The summed E-state index contributed by atoms with van der Waals surface area (Å²) < 4.78 is 15.0. The third-order valence-electron chi connectivity index (χ3n) is 2.58. The van der Waals surface area contributed by atoms with Gasteiger partial charge in [-0.3, -0.25) is 14.9 Å². The molecule has 5 nitrogen and oxygen atoms in total. The van der Waals surface area contributed by atoms with E-state index in [2.05, 4.69) is 37.2 Å². The Morgan fingerprint density at radius 3 is 2.52 bits per heavy atom. The van der Waals surface area contributed by atoms with E-state index < -0.39 is 16.6 Å². The van der Waals surface area contributed by atoms with Crippen molar-refractivity contribution < 1.29 is 14.1 Å². The quantitative estimate of drug-likeness (QED) is 0.589. The zero-order chi connectivity index (χ0) is 15.6. The van der Waals surface area contributed by atoms with E-state index in [1.165, 1.54) is 0 Å². The van der Waals surface area contributed by atoms with E-state index in [4.69, 9.17) is 0 Å². The summed E-state index contributed by atoms with van der Waals surface area (Å²) in [7, 11) is 0. The van der Waals surface area contributed by atoms with Gasteiger partial charge in [-0.1, -0.05) is 15.9 Å². The second-order valence-corrected chi connectivity index (χ2v) is 5.77. The Bertz CT molecular complexity index is 737. The van der Waals surface area contributed by atoms with E-state index in [9.17, 15) is 19.3 Å². The largest absolute Gasteiger partial charge is 0.319 e. The summed E-state index contributed by atoms with van der Waals surface area (Å²) in [6.07, 6.45) is 0. The summed E-state index contributed by atoms with van der Waals surface area (Å²) in [4.78, 5) is 21.9. The summed E-state index contributed by atoms with van der Waals surface area (Å²) in [5.41, 5.74) is -0.200. The number of benzene rings is 2. The highest BCUT2D eigenvalue weighted by Crippen LogP contribution is 2.24. The van der Waals surface area contributed by atoms with Crippen LogP contribution in [0.4, 0.5) is 15.8 Å². The molecule has 1 amide bonds. The van der Waals surface area contributed by atoms with Crippen molar-refractivity contribution in [1.29, 1.82) is 0 Å². The summed E-state index contributed by atoms with van der Waals surface area (Å²) in [6, 6.07) is 8.01. The lowest BCUT2D eigenvalue weighted by Crippen LogP contribution is -2.13. The number of non-ortho nitro benzene ring substituents is 1. The fraction of sp³-hybridized carbons (Fsp3) is 0. The van der Waals surface area contributed by atoms with Gasteiger partial charge >= 0.3 is 0 Å². The zero-order valence-electron chi connectivity index (χ0n) is 10.3. The van der Waals surface area contributed by atoms with Crippen molar-refractivity contribution in [2.24, 2.45) is 0 Å². The monoisotopic (exact) mass is 416 g/mol. The fourth-order valence-corrected chi connectivity index (χ4v) is 2.37. The minimum atomic E-state index is -0.872. The SMILES string of the molecule is O=C(Nc1ccc([N+](=O)[O-])cc1F)c1cc(Br)ccc1Br. The van der Waals surface area contributed by atoms with Crippen LogP contribution in [0.15, 0.2) is 45.3 Å². The number of hydrogen-bond donors (Lipinski definition) is 1. The molecule has 21 heavy (non-hydrogen) atoms. The molecular formula is C13H7Br2FN2O3. The maximum absolute atomic E-state index is 13.7. The maximum atomic E-state index is 13.7. The van der Waals surface area contributed by atoms with Gasteiger partial charge in [0, 0.05) is 15.0 Å². The number of halogens is 3. The molecule has 8 heteroatoms. The van der Waals surface area contributed by atoms with E-state index in [1.807, 2.05) is 0 Å². The van der Waals surface area contributed by atoms with E-state index in [-0.39, 0.29) is 11.4 Å². The van der Waals surface area contributed by atoms with Gasteiger partial charge in [0.25, 0.3) is 11.6 Å². The van der Waals surface area contributed by atoms with E-state index >= 15 is 0 Å². The van der Waals surface area contributed by atoms with E-state index in [0.29, 0.717) is 14.5 Å². The highest BCUT2D eigenvalue weighted by molar-refractivity contribution is 9.11. The number of nitrogens with one attached hydrogen (secondary N) is 1. The van der Waals surface area contributed by atoms with Crippen LogP contribution in [0, 0.1) is 15.9 Å². The molecule has 0 atom stereocenters. The number of nitro groups is 1. The minimum Gasteiger partial charge on any atom is -0.319 e. The zero-order valence-corrected chi connectivity index (χ0v) is 13.4. The molecule has 1 N–H and O–H groups in total. The van der Waals surface area contributed by atoms with Crippen LogP contribution in [0.3, 0.4) is 0 Å². The van der Waals surface area contributed by atoms with E-state index in [1.54, 1.807) is 18.2 Å². The molecule has 0 unspecified atom stereocenters. The molecule has 2 rings (SSSR count). The number of amides is 1. The first kappa shape index (κ1) is 15.6. The van der Waals surface area contributed by atoms with Crippen molar-refractivity contribution in [1.82, 2.24) is 0 Å². The van der Waals surface area contributed by atoms with Crippen molar-refractivity contribution in [3.63, 3.8) is 0 Å². The Balaban J connectivity index is 2.27. The predicted octanol–water partition coefficient (Wildman–Crippen LogP) is 4.51. The van der Waals surface area contributed by atoms with Crippen molar-refractivity contribution in [3.8, 4) is 0 Å². The third-order valence-corrected chi connectivity index (χ3v) is 3.77. The Morgan fingerprint density at radius 2 is 1.90 bits per heavy atom. The lowest BCUT2D eigenvalue weighted by Gasteiger charge is -2.08. The van der Waals surface area contributed by atoms with Crippen LogP contribution in [0.1, 0.15) is 10.4 Å². The van der Waals surface area contributed by atoms with Crippen LogP contribution in [0.25, 0.3) is 0 Å².